The Labute approximate surface area is 115 Å². The SMILES string of the molecule is CCC(SCc1nc2ccc(OC)cc2[nH]1)C(=O)O. The summed E-state index contributed by atoms with van der Waals surface area (Å²) >= 11 is 1.38. The summed E-state index contributed by atoms with van der Waals surface area (Å²) in [6.45, 7) is 1.87. The molecule has 0 saturated carbocycles. The second-order valence-corrected chi connectivity index (χ2v) is 5.30. The molecule has 2 N–H and O–H groups in total. The van der Waals surface area contributed by atoms with Crippen LogP contribution < -0.4 is 4.74 Å². The molecule has 0 aliphatic carbocycles. The molecule has 0 saturated heterocycles. The Morgan fingerprint density at radius 1 is 1.58 bits per heavy atom. The van der Waals surface area contributed by atoms with Gasteiger partial charge in [-0.25, -0.2) is 4.98 Å². The number of imidazole rings is 1. The third-order valence-corrected chi connectivity index (χ3v) is 4.18. The van der Waals surface area contributed by atoms with Gasteiger partial charge in [-0.2, -0.15) is 0 Å². The highest BCUT2D eigenvalue weighted by Crippen LogP contribution is 2.23. The number of hydrogen-bond acceptors (Lipinski definition) is 4. The van der Waals surface area contributed by atoms with Crippen molar-refractivity contribution < 1.29 is 14.6 Å². The van der Waals surface area contributed by atoms with Crippen molar-refractivity contribution in [2.24, 2.45) is 0 Å². The first-order valence-corrected chi connectivity index (χ1v) is 7.06. The third-order valence-electron chi connectivity index (χ3n) is 2.81. The average Bonchev–Trinajstić information content (AvgIpc) is 2.80. The number of nitrogens with zero attached hydrogens (tertiary/aromatic N) is 1. The van der Waals surface area contributed by atoms with E-state index in [0.717, 1.165) is 22.6 Å². The number of H-pyrrole nitrogens is 1. The smallest absolute Gasteiger partial charge is 0.316 e. The fourth-order valence-electron chi connectivity index (χ4n) is 1.78. The maximum Gasteiger partial charge on any atom is 0.316 e. The molecule has 0 fully saturated rings. The molecule has 1 aromatic carbocycles. The largest absolute Gasteiger partial charge is 0.497 e. The molecule has 1 aromatic heterocycles. The minimum atomic E-state index is -0.773. The molecule has 2 aromatic rings. The molecular formula is C13H16N2O3S. The van der Waals surface area contributed by atoms with Crippen LogP contribution in [0.3, 0.4) is 0 Å². The summed E-state index contributed by atoms with van der Waals surface area (Å²) in [6.07, 6.45) is 0.605. The minimum absolute atomic E-state index is 0.386. The van der Waals surface area contributed by atoms with Crippen LogP contribution in [0, 0.1) is 0 Å². The zero-order valence-electron chi connectivity index (χ0n) is 10.8. The number of benzene rings is 1. The molecule has 102 valence electrons. The molecule has 0 bridgehead atoms. The number of aromatic amines is 1. The fourth-order valence-corrected chi connectivity index (χ4v) is 2.65. The first kappa shape index (κ1) is 13.7. The number of rotatable bonds is 6. The number of carboxylic acid groups (broad SMARTS) is 1. The summed E-state index contributed by atoms with van der Waals surface area (Å²) in [5.41, 5.74) is 1.76. The molecule has 0 aliphatic rings. The van der Waals surface area contributed by atoms with E-state index in [1.807, 2.05) is 25.1 Å². The Morgan fingerprint density at radius 3 is 3.00 bits per heavy atom. The van der Waals surface area contributed by atoms with Crippen LogP contribution in [0.2, 0.25) is 0 Å². The van der Waals surface area contributed by atoms with E-state index >= 15 is 0 Å². The molecule has 0 amide bonds. The minimum Gasteiger partial charge on any atom is -0.497 e. The van der Waals surface area contributed by atoms with Gasteiger partial charge in [0.05, 0.1) is 23.9 Å². The van der Waals surface area contributed by atoms with E-state index in [4.69, 9.17) is 9.84 Å². The highest BCUT2D eigenvalue weighted by atomic mass is 32.2. The van der Waals surface area contributed by atoms with Crippen LogP contribution in [0.15, 0.2) is 18.2 Å². The van der Waals surface area contributed by atoms with Gasteiger partial charge < -0.3 is 14.8 Å². The van der Waals surface area contributed by atoms with Crippen molar-refractivity contribution in [1.29, 1.82) is 0 Å². The number of aromatic nitrogens is 2. The van der Waals surface area contributed by atoms with E-state index in [1.165, 1.54) is 11.8 Å². The number of ether oxygens (including phenoxy) is 1. The van der Waals surface area contributed by atoms with Crippen molar-refractivity contribution in [1.82, 2.24) is 9.97 Å². The molecular weight excluding hydrogens is 264 g/mol. The lowest BCUT2D eigenvalue weighted by Crippen LogP contribution is -2.15. The van der Waals surface area contributed by atoms with Crippen molar-refractivity contribution in [3.8, 4) is 5.75 Å². The molecule has 1 unspecified atom stereocenters. The zero-order chi connectivity index (χ0) is 13.8. The van der Waals surface area contributed by atoms with Crippen LogP contribution in [0.5, 0.6) is 5.75 Å². The van der Waals surface area contributed by atoms with Gasteiger partial charge in [0.1, 0.15) is 16.8 Å². The lowest BCUT2D eigenvalue weighted by Gasteiger charge is -2.07. The highest BCUT2D eigenvalue weighted by Gasteiger charge is 2.16. The van der Waals surface area contributed by atoms with Crippen LogP contribution >= 0.6 is 11.8 Å². The van der Waals surface area contributed by atoms with Crippen molar-refractivity contribution >= 4 is 28.8 Å². The molecule has 2 rings (SSSR count). The van der Waals surface area contributed by atoms with Gasteiger partial charge in [-0.05, 0) is 18.6 Å². The Kier molecular flexibility index (Phi) is 4.31. The summed E-state index contributed by atoms with van der Waals surface area (Å²) in [5, 5.41) is 8.61. The quantitative estimate of drug-likeness (QED) is 0.851. The maximum absolute atomic E-state index is 10.9. The van der Waals surface area contributed by atoms with E-state index in [0.29, 0.717) is 12.2 Å². The standard InChI is InChI=1S/C13H16N2O3S/c1-3-11(13(16)17)19-7-12-14-9-5-4-8(18-2)6-10(9)15-12/h4-6,11H,3,7H2,1-2H3,(H,14,15)(H,16,17). The van der Waals surface area contributed by atoms with Crippen LogP contribution in [-0.4, -0.2) is 33.4 Å². The topological polar surface area (TPSA) is 75.2 Å². The van der Waals surface area contributed by atoms with E-state index < -0.39 is 5.97 Å². The fraction of sp³-hybridized carbons (Fsp3) is 0.385. The van der Waals surface area contributed by atoms with Gasteiger partial charge in [0, 0.05) is 6.07 Å². The van der Waals surface area contributed by atoms with Crippen molar-refractivity contribution in [2.75, 3.05) is 7.11 Å². The van der Waals surface area contributed by atoms with Gasteiger partial charge in [0.25, 0.3) is 0 Å². The monoisotopic (exact) mass is 280 g/mol. The molecule has 0 spiro atoms. The first-order valence-electron chi connectivity index (χ1n) is 6.01. The number of aliphatic carboxylic acids is 1. The molecule has 0 radical (unpaired) electrons. The van der Waals surface area contributed by atoms with Crippen molar-refractivity contribution in [3.05, 3.63) is 24.0 Å². The Bertz CT molecular complexity index is 582. The van der Waals surface area contributed by atoms with Gasteiger partial charge in [-0.3, -0.25) is 4.79 Å². The normalized spacial score (nSPS) is 12.5. The van der Waals surface area contributed by atoms with Crippen LogP contribution in [0.25, 0.3) is 11.0 Å². The molecule has 19 heavy (non-hydrogen) atoms. The second kappa shape index (κ2) is 5.97. The van der Waals surface area contributed by atoms with Gasteiger partial charge in [-0.1, -0.05) is 6.92 Å². The Hall–Kier alpha value is -1.69. The Balaban J connectivity index is 2.11. The number of thioether (sulfide) groups is 1. The van der Waals surface area contributed by atoms with Gasteiger partial charge in [-0.15, -0.1) is 11.8 Å². The van der Waals surface area contributed by atoms with Crippen LogP contribution in [0.1, 0.15) is 19.2 Å². The highest BCUT2D eigenvalue weighted by molar-refractivity contribution is 7.99. The number of nitrogens with one attached hydrogen (secondary N) is 1. The predicted octanol–water partition coefficient (Wildman–Crippen LogP) is 2.67. The first-order chi connectivity index (χ1) is 9.13. The van der Waals surface area contributed by atoms with E-state index in [9.17, 15) is 4.79 Å². The number of carbonyl (C=O) groups is 1. The van der Waals surface area contributed by atoms with Crippen LogP contribution in [-0.2, 0) is 10.5 Å². The van der Waals surface area contributed by atoms with E-state index in [2.05, 4.69) is 9.97 Å². The molecule has 1 heterocycles. The summed E-state index contributed by atoms with van der Waals surface area (Å²) in [6, 6.07) is 5.62. The van der Waals surface area contributed by atoms with Crippen molar-refractivity contribution in [3.63, 3.8) is 0 Å². The summed E-state index contributed by atoms with van der Waals surface area (Å²) in [7, 11) is 1.62. The van der Waals surface area contributed by atoms with Crippen LogP contribution in [0.4, 0.5) is 0 Å². The van der Waals surface area contributed by atoms with E-state index in [1.54, 1.807) is 7.11 Å². The number of hydrogen-bond donors (Lipinski definition) is 2. The molecule has 6 heteroatoms. The second-order valence-electron chi connectivity index (χ2n) is 4.11. The summed E-state index contributed by atoms with van der Waals surface area (Å²) < 4.78 is 5.15. The lowest BCUT2D eigenvalue weighted by atomic mass is 10.3. The summed E-state index contributed by atoms with van der Waals surface area (Å²) in [5.74, 6) is 1.34. The van der Waals surface area contributed by atoms with Gasteiger partial charge in [0.15, 0.2) is 0 Å². The number of methoxy groups -OCH3 is 1. The van der Waals surface area contributed by atoms with Gasteiger partial charge in [0.2, 0.25) is 0 Å². The molecule has 0 aliphatic heterocycles. The van der Waals surface area contributed by atoms with Gasteiger partial charge >= 0.3 is 5.97 Å². The number of fused-ring (bicyclic) bond motifs is 1. The van der Waals surface area contributed by atoms with E-state index in [-0.39, 0.29) is 5.25 Å². The molecule has 5 nitrogen and oxygen atoms in total. The summed E-state index contributed by atoms with van der Waals surface area (Å²) in [4.78, 5) is 18.6. The molecule has 1 atom stereocenters. The Morgan fingerprint density at radius 2 is 2.37 bits per heavy atom. The average molecular weight is 280 g/mol. The maximum atomic E-state index is 10.9. The lowest BCUT2D eigenvalue weighted by molar-refractivity contribution is -0.136. The predicted molar refractivity (Wildman–Crippen MR) is 75.7 cm³/mol. The third kappa shape index (κ3) is 3.20. The van der Waals surface area contributed by atoms with Crippen molar-refractivity contribution in [2.45, 2.75) is 24.3 Å². The number of carboxylic acids is 1. The zero-order valence-corrected chi connectivity index (χ0v) is 11.7.